The normalized spacial score (nSPS) is 29.1. The summed E-state index contributed by atoms with van der Waals surface area (Å²) < 4.78 is 156. The second-order valence-electron chi connectivity index (χ2n) is 12.0. The van der Waals surface area contributed by atoms with Crippen molar-refractivity contribution >= 4 is 26.3 Å². The Morgan fingerprint density at radius 2 is 1.58 bits per heavy atom. The molecule has 1 amide bonds. The average Bonchev–Trinajstić information content (AvgIpc) is 3.43. The van der Waals surface area contributed by atoms with Gasteiger partial charge in [0.05, 0.1) is 22.7 Å². The first kappa shape index (κ1) is 33.9. The molecule has 1 heterocycles. The van der Waals surface area contributed by atoms with E-state index in [1.54, 1.807) is 0 Å². The monoisotopic (exact) mass is 691 g/mol. The highest BCUT2D eigenvalue weighted by Crippen LogP contribution is 2.59. The molecule has 45 heavy (non-hydrogen) atoms. The predicted octanol–water partition coefficient (Wildman–Crippen LogP) is 5.90. The van der Waals surface area contributed by atoms with Gasteiger partial charge in [0, 0.05) is 23.3 Å². The van der Waals surface area contributed by atoms with Gasteiger partial charge in [-0.1, -0.05) is 18.2 Å². The van der Waals surface area contributed by atoms with Crippen molar-refractivity contribution in [2.75, 3.05) is 11.5 Å². The van der Waals surface area contributed by atoms with Crippen molar-refractivity contribution in [3.05, 3.63) is 65.0 Å². The van der Waals surface area contributed by atoms with Crippen LogP contribution < -0.4 is 5.32 Å². The summed E-state index contributed by atoms with van der Waals surface area (Å²) in [6, 6.07) is 4.19. The summed E-state index contributed by atoms with van der Waals surface area (Å²) in [5.41, 5.74) is -9.61. The average molecular weight is 692 g/mol. The van der Waals surface area contributed by atoms with Crippen molar-refractivity contribution in [2.24, 2.45) is 5.92 Å². The lowest BCUT2D eigenvalue weighted by Gasteiger charge is -2.43. The number of hydrogen-bond donors (Lipinski definition) is 4. The fourth-order valence-electron chi connectivity index (χ4n) is 7.18. The minimum absolute atomic E-state index is 0.0101. The van der Waals surface area contributed by atoms with Gasteiger partial charge in [-0.25, -0.2) is 17.2 Å². The number of benzene rings is 2. The van der Waals surface area contributed by atoms with Crippen LogP contribution in [-0.2, 0) is 31.5 Å². The molecule has 0 spiro atoms. The van der Waals surface area contributed by atoms with E-state index in [9.17, 15) is 62.5 Å². The Morgan fingerprint density at radius 1 is 0.956 bits per heavy atom. The van der Waals surface area contributed by atoms with E-state index in [0.717, 1.165) is 30.3 Å². The number of alkyl halides is 7. The van der Waals surface area contributed by atoms with Crippen molar-refractivity contribution in [3.63, 3.8) is 0 Å². The van der Waals surface area contributed by atoms with Crippen molar-refractivity contribution in [1.29, 1.82) is 0 Å². The highest BCUT2D eigenvalue weighted by Gasteiger charge is 2.74. The SMILES string of the molecule is O=C(CC1(O)CCS(O)(O)C1)N[C@@H]1CC[C@@]2(S(=O)(=O)c3ccc(F)cc3)c3ccc(C(F)(C(F)(F)F)C(F)(F)F)cc3CC[C@@H]12. The minimum atomic E-state index is -6.38. The minimum Gasteiger partial charge on any atom is -0.388 e. The van der Waals surface area contributed by atoms with E-state index < -0.39 is 90.2 Å². The number of hydrogen-bond acceptors (Lipinski definition) is 6. The Kier molecular flexibility index (Phi) is 8.12. The van der Waals surface area contributed by atoms with E-state index in [0.29, 0.717) is 6.07 Å². The van der Waals surface area contributed by atoms with Crippen LogP contribution >= 0.6 is 10.6 Å². The number of aryl methyl sites for hydroxylation is 1. The third-order valence-corrected chi connectivity index (χ3v) is 13.6. The molecular weight excluding hydrogens is 662 g/mol. The molecule has 4 N–H and O–H groups in total. The van der Waals surface area contributed by atoms with E-state index in [4.69, 9.17) is 0 Å². The van der Waals surface area contributed by atoms with Crippen LogP contribution in [0.25, 0.3) is 0 Å². The Morgan fingerprint density at radius 3 is 2.13 bits per heavy atom. The van der Waals surface area contributed by atoms with Crippen LogP contribution in [0, 0.1) is 11.7 Å². The molecule has 2 fully saturated rings. The number of carbonyl (C=O) groups excluding carboxylic acids is 1. The van der Waals surface area contributed by atoms with E-state index >= 15 is 0 Å². The summed E-state index contributed by atoms with van der Waals surface area (Å²) in [4.78, 5) is 12.6. The van der Waals surface area contributed by atoms with Crippen LogP contribution in [0.5, 0.6) is 0 Å². The summed E-state index contributed by atoms with van der Waals surface area (Å²) in [6.45, 7) is 0. The summed E-state index contributed by atoms with van der Waals surface area (Å²) in [7, 11) is -7.66. The van der Waals surface area contributed by atoms with Crippen molar-refractivity contribution in [3.8, 4) is 0 Å². The molecule has 7 nitrogen and oxygen atoms in total. The molecule has 2 aliphatic carbocycles. The number of halogens is 8. The summed E-state index contributed by atoms with van der Waals surface area (Å²) >= 11 is 0. The van der Waals surface area contributed by atoms with Gasteiger partial charge >= 0.3 is 18.0 Å². The zero-order chi connectivity index (χ0) is 33.4. The highest BCUT2D eigenvalue weighted by molar-refractivity contribution is 8.24. The van der Waals surface area contributed by atoms with Crippen molar-refractivity contribution in [2.45, 2.75) is 77.8 Å². The van der Waals surface area contributed by atoms with E-state index in [2.05, 4.69) is 5.32 Å². The second-order valence-corrected chi connectivity index (χ2v) is 16.5. The summed E-state index contributed by atoms with van der Waals surface area (Å²) in [6.07, 6.45) is -14.0. The van der Waals surface area contributed by atoms with Gasteiger partial charge < -0.3 is 10.4 Å². The molecule has 17 heteroatoms. The number of amides is 1. The molecule has 1 saturated carbocycles. The number of rotatable bonds is 6. The van der Waals surface area contributed by atoms with Crippen molar-refractivity contribution in [1.82, 2.24) is 5.32 Å². The summed E-state index contributed by atoms with van der Waals surface area (Å²) in [5.74, 6) is -3.01. The van der Waals surface area contributed by atoms with E-state index in [1.807, 2.05) is 0 Å². The number of sulfone groups is 1. The van der Waals surface area contributed by atoms with Crippen LogP contribution in [0.3, 0.4) is 0 Å². The zero-order valence-corrected chi connectivity index (χ0v) is 24.9. The third kappa shape index (κ3) is 5.51. The number of nitrogens with one attached hydrogen (secondary N) is 1. The molecule has 1 aliphatic heterocycles. The quantitative estimate of drug-likeness (QED) is 0.221. The van der Waals surface area contributed by atoms with E-state index in [-0.39, 0.29) is 59.9 Å². The van der Waals surface area contributed by atoms with Crippen LogP contribution in [0.1, 0.15) is 48.8 Å². The van der Waals surface area contributed by atoms with Gasteiger partial charge in [-0.05, 0) is 67.5 Å². The first-order valence-electron chi connectivity index (χ1n) is 13.8. The van der Waals surface area contributed by atoms with Crippen LogP contribution in [0.4, 0.5) is 35.1 Å². The highest BCUT2D eigenvalue weighted by atomic mass is 32.3. The lowest BCUT2D eigenvalue weighted by Crippen LogP contribution is -2.51. The fraction of sp³-hybridized carbons (Fsp3) is 0.536. The molecule has 3 aliphatic rings. The molecule has 250 valence electrons. The smallest absolute Gasteiger partial charge is 0.388 e. The van der Waals surface area contributed by atoms with Crippen LogP contribution in [0.15, 0.2) is 47.4 Å². The fourth-order valence-corrected chi connectivity index (χ4v) is 11.6. The van der Waals surface area contributed by atoms with Gasteiger partial charge in [-0.15, -0.1) is 0 Å². The maximum absolute atomic E-state index is 15.0. The first-order valence-corrected chi connectivity index (χ1v) is 17.1. The molecular formula is C28H29F8NO6S2. The largest absolute Gasteiger partial charge is 0.435 e. The van der Waals surface area contributed by atoms with Gasteiger partial charge in [-0.2, -0.15) is 36.9 Å². The number of carbonyl (C=O) groups is 1. The Bertz CT molecular complexity index is 1580. The molecule has 1 unspecified atom stereocenters. The molecule has 0 aromatic heterocycles. The predicted molar refractivity (Wildman–Crippen MR) is 146 cm³/mol. The zero-order valence-electron chi connectivity index (χ0n) is 23.3. The maximum atomic E-state index is 15.0. The Labute approximate surface area is 254 Å². The second kappa shape index (κ2) is 10.8. The first-order chi connectivity index (χ1) is 20.6. The van der Waals surface area contributed by atoms with Gasteiger partial charge in [0.1, 0.15) is 10.6 Å². The van der Waals surface area contributed by atoms with Gasteiger partial charge in [0.15, 0.2) is 9.84 Å². The Hall–Kier alpha value is -2.47. The molecule has 2 aromatic rings. The lowest BCUT2D eigenvalue weighted by atomic mass is 9.74. The van der Waals surface area contributed by atoms with E-state index in [1.165, 1.54) is 0 Å². The van der Waals surface area contributed by atoms with Gasteiger partial charge in [0.2, 0.25) is 5.91 Å². The third-order valence-electron chi connectivity index (χ3n) is 9.21. The van der Waals surface area contributed by atoms with Crippen LogP contribution in [0.2, 0.25) is 0 Å². The molecule has 1 saturated heterocycles. The topological polar surface area (TPSA) is 124 Å². The standard InChI is InChI=1S/C28H29F8NO6S2/c29-18-3-5-19(6-4-18)45(42,43)25-10-9-22(37-23(38)14-24(39)11-12-44(40,41)15-24)21(25)7-1-16-13-17(2-8-20(16)25)26(30,27(31,32)33)28(34,35)36/h2-6,8,13,21-22,39-41H,1,7,9-12,14-15H2,(H,37,38)/t21-,22+,24?,25+/m0/s1. The lowest BCUT2D eigenvalue weighted by molar-refractivity contribution is -0.348. The number of aliphatic hydroxyl groups is 1. The van der Waals surface area contributed by atoms with Gasteiger partial charge in [0.25, 0.3) is 0 Å². The number of fused-ring (bicyclic) bond motifs is 3. The van der Waals surface area contributed by atoms with Crippen LogP contribution in [-0.4, -0.2) is 64.0 Å². The molecule has 4 atom stereocenters. The molecule has 0 radical (unpaired) electrons. The molecule has 2 aromatic carbocycles. The van der Waals surface area contributed by atoms with Gasteiger partial charge in [-0.3, -0.25) is 13.9 Å². The van der Waals surface area contributed by atoms with Crippen molar-refractivity contribution < 1.29 is 62.5 Å². The molecule has 0 bridgehead atoms. The summed E-state index contributed by atoms with van der Waals surface area (Å²) in [5, 5.41) is 13.4. The molecule has 5 rings (SSSR count). The maximum Gasteiger partial charge on any atom is 0.435 e. The Balaban J connectivity index is 1.57.